The van der Waals surface area contributed by atoms with Crippen molar-refractivity contribution >= 4 is 10.9 Å². The van der Waals surface area contributed by atoms with E-state index in [9.17, 15) is 0 Å². The predicted molar refractivity (Wildman–Crippen MR) is 77.8 cm³/mol. The van der Waals surface area contributed by atoms with Crippen molar-refractivity contribution in [3.8, 4) is 11.3 Å². The number of aryl methyl sites for hydroxylation is 2. The Balaban J connectivity index is 2.13. The molecule has 0 aliphatic heterocycles. The molecular weight excluding hydrogens is 218 g/mol. The van der Waals surface area contributed by atoms with Crippen molar-refractivity contribution in [1.82, 2.24) is 4.98 Å². The first-order chi connectivity index (χ1) is 8.76. The topological polar surface area (TPSA) is 15.8 Å². The Morgan fingerprint density at radius 2 is 1.89 bits per heavy atom. The summed E-state index contributed by atoms with van der Waals surface area (Å²) in [6, 6.07) is 17.5. The van der Waals surface area contributed by atoms with Gasteiger partial charge in [0.1, 0.15) is 0 Å². The third-order valence-corrected chi connectivity index (χ3v) is 3.42. The average molecular weight is 235 g/mol. The van der Waals surface area contributed by atoms with Crippen LogP contribution >= 0.6 is 0 Å². The molecule has 1 heteroatoms. The van der Waals surface area contributed by atoms with E-state index < -0.39 is 0 Å². The Morgan fingerprint density at radius 3 is 2.67 bits per heavy atom. The molecule has 1 N–H and O–H groups in total. The zero-order valence-corrected chi connectivity index (χ0v) is 10.8. The number of nitrogens with one attached hydrogen (secondary N) is 1. The van der Waals surface area contributed by atoms with E-state index in [0.717, 1.165) is 6.42 Å². The lowest BCUT2D eigenvalue weighted by Gasteiger charge is -1.98. The number of benzene rings is 2. The molecule has 0 spiro atoms. The summed E-state index contributed by atoms with van der Waals surface area (Å²) in [5, 5.41) is 1.30. The molecule has 90 valence electrons. The summed E-state index contributed by atoms with van der Waals surface area (Å²) >= 11 is 0. The number of aromatic amines is 1. The molecule has 3 aromatic rings. The highest BCUT2D eigenvalue weighted by Crippen LogP contribution is 2.25. The highest BCUT2D eigenvalue weighted by Gasteiger charge is 2.03. The zero-order valence-electron chi connectivity index (χ0n) is 10.8. The molecule has 2 aromatic carbocycles. The Labute approximate surface area is 107 Å². The summed E-state index contributed by atoms with van der Waals surface area (Å²) in [6.07, 6.45) is 1.08. The van der Waals surface area contributed by atoms with Crippen molar-refractivity contribution in [1.29, 1.82) is 0 Å². The minimum absolute atomic E-state index is 1.08. The van der Waals surface area contributed by atoms with Gasteiger partial charge >= 0.3 is 0 Å². The van der Waals surface area contributed by atoms with Crippen LogP contribution in [0.2, 0.25) is 0 Å². The number of H-pyrrole nitrogens is 1. The Morgan fingerprint density at radius 1 is 1.00 bits per heavy atom. The fraction of sp³-hybridized carbons (Fsp3) is 0.176. The highest BCUT2D eigenvalue weighted by molar-refractivity contribution is 5.86. The summed E-state index contributed by atoms with van der Waals surface area (Å²) in [6.45, 7) is 4.32. The molecule has 0 atom stereocenters. The molecule has 0 saturated carbocycles. The molecule has 0 bridgehead atoms. The van der Waals surface area contributed by atoms with E-state index in [1.165, 1.54) is 33.3 Å². The molecule has 0 aliphatic rings. The van der Waals surface area contributed by atoms with Gasteiger partial charge in [0.25, 0.3) is 0 Å². The first-order valence-corrected chi connectivity index (χ1v) is 6.45. The minimum atomic E-state index is 1.08. The second-order valence-electron chi connectivity index (χ2n) is 4.83. The Hall–Kier alpha value is -2.02. The van der Waals surface area contributed by atoms with Gasteiger partial charge in [-0.05, 0) is 48.7 Å². The summed E-state index contributed by atoms with van der Waals surface area (Å²) in [5.74, 6) is 0. The second kappa shape index (κ2) is 4.34. The molecular formula is C17H17N. The lowest BCUT2D eigenvalue weighted by molar-refractivity contribution is 1.15. The number of aromatic nitrogens is 1. The van der Waals surface area contributed by atoms with Crippen LogP contribution in [0.15, 0.2) is 48.5 Å². The minimum Gasteiger partial charge on any atom is -0.355 e. The fourth-order valence-corrected chi connectivity index (χ4v) is 2.37. The molecule has 18 heavy (non-hydrogen) atoms. The maximum absolute atomic E-state index is 3.49. The number of rotatable bonds is 2. The lowest BCUT2D eigenvalue weighted by Crippen LogP contribution is -1.78. The lowest BCUT2D eigenvalue weighted by atomic mass is 10.1. The second-order valence-corrected chi connectivity index (χ2v) is 4.83. The number of hydrogen-bond acceptors (Lipinski definition) is 0. The van der Waals surface area contributed by atoms with Crippen LogP contribution in [0.4, 0.5) is 0 Å². The molecule has 0 unspecified atom stereocenters. The highest BCUT2D eigenvalue weighted by atomic mass is 14.7. The van der Waals surface area contributed by atoms with E-state index in [4.69, 9.17) is 0 Å². The van der Waals surface area contributed by atoms with Crippen molar-refractivity contribution in [3.63, 3.8) is 0 Å². The zero-order chi connectivity index (χ0) is 12.5. The number of hydrogen-bond donors (Lipinski definition) is 1. The van der Waals surface area contributed by atoms with Crippen molar-refractivity contribution < 1.29 is 0 Å². The SMILES string of the molecule is CCc1ccc2[nH]c(-c3cccc(C)c3)cc2c1. The molecule has 1 nitrogen and oxygen atoms in total. The molecule has 1 heterocycles. The monoisotopic (exact) mass is 235 g/mol. The van der Waals surface area contributed by atoms with Crippen molar-refractivity contribution in [2.75, 3.05) is 0 Å². The van der Waals surface area contributed by atoms with E-state index in [0.29, 0.717) is 0 Å². The first kappa shape index (κ1) is 11.1. The van der Waals surface area contributed by atoms with Crippen LogP contribution in [0.1, 0.15) is 18.1 Å². The van der Waals surface area contributed by atoms with Crippen molar-refractivity contribution in [3.05, 3.63) is 59.7 Å². The molecule has 0 fully saturated rings. The van der Waals surface area contributed by atoms with Gasteiger partial charge in [0.05, 0.1) is 0 Å². The third-order valence-electron chi connectivity index (χ3n) is 3.42. The van der Waals surface area contributed by atoms with Crippen LogP contribution in [-0.2, 0) is 6.42 Å². The van der Waals surface area contributed by atoms with E-state index in [1.807, 2.05) is 0 Å². The van der Waals surface area contributed by atoms with Gasteiger partial charge in [-0.1, -0.05) is 36.8 Å². The van der Waals surface area contributed by atoms with E-state index >= 15 is 0 Å². The Kier molecular flexibility index (Phi) is 2.67. The predicted octanol–water partition coefficient (Wildman–Crippen LogP) is 4.71. The maximum Gasteiger partial charge on any atom is 0.0464 e. The molecule has 0 saturated heterocycles. The van der Waals surface area contributed by atoms with Gasteiger partial charge < -0.3 is 4.98 Å². The van der Waals surface area contributed by atoms with E-state index in [1.54, 1.807) is 0 Å². The van der Waals surface area contributed by atoms with Gasteiger partial charge in [0.2, 0.25) is 0 Å². The molecule has 1 aromatic heterocycles. The van der Waals surface area contributed by atoms with Gasteiger partial charge in [-0.25, -0.2) is 0 Å². The summed E-state index contributed by atoms with van der Waals surface area (Å²) < 4.78 is 0. The normalized spacial score (nSPS) is 11.0. The molecule has 0 amide bonds. The third kappa shape index (κ3) is 1.92. The smallest absolute Gasteiger partial charge is 0.0464 e. The summed E-state index contributed by atoms with van der Waals surface area (Å²) in [4.78, 5) is 3.49. The van der Waals surface area contributed by atoms with Crippen LogP contribution < -0.4 is 0 Å². The summed E-state index contributed by atoms with van der Waals surface area (Å²) in [7, 11) is 0. The van der Waals surface area contributed by atoms with Gasteiger partial charge in [-0.15, -0.1) is 0 Å². The van der Waals surface area contributed by atoms with Crippen LogP contribution in [0.5, 0.6) is 0 Å². The largest absolute Gasteiger partial charge is 0.355 e. The van der Waals surface area contributed by atoms with Crippen LogP contribution in [0.3, 0.4) is 0 Å². The summed E-state index contributed by atoms with van der Waals surface area (Å²) in [5.41, 5.74) is 6.34. The quantitative estimate of drug-likeness (QED) is 0.662. The molecule has 0 radical (unpaired) electrons. The first-order valence-electron chi connectivity index (χ1n) is 6.45. The van der Waals surface area contributed by atoms with Gasteiger partial charge in [-0.2, -0.15) is 0 Å². The fourth-order valence-electron chi connectivity index (χ4n) is 2.37. The standard InChI is InChI=1S/C17H17N/c1-3-13-7-8-16-15(10-13)11-17(18-16)14-6-4-5-12(2)9-14/h4-11,18H,3H2,1-2H3. The van der Waals surface area contributed by atoms with Gasteiger partial charge in [-0.3, -0.25) is 0 Å². The van der Waals surface area contributed by atoms with E-state index in [-0.39, 0.29) is 0 Å². The molecule has 0 aliphatic carbocycles. The van der Waals surface area contributed by atoms with Crippen molar-refractivity contribution in [2.45, 2.75) is 20.3 Å². The van der Waals surface area contributed by atoms with E-state index in [2.05, 4.69) is 67.4 Å². The van der Waals surface area contributed by atoms with Gasteiger partial charge in [0, 0.05) is 16.6 Å². The average Bonchev–Trinajstić information content (AvgIpc) is 2.81. The molecule has 3 rings (SSSR count). The van der Waals surface area contributed by atoms with Gasteiger partial charge in [0.15, 0.2) is 0 Å². The van der Waals surface area contributed by atoms with Crippen molar-refractivity contribution in [2.24, 2.45) is 0 Å². The Bertz CT molecular complexity index is 692. The van der Waals surface area contributed by atoms with Crippen LogP contribution in [0, 0.1) is 6.92 Å². The van der Waals surface area contributed by atoms with Crippen LogP contribution in [-0.4, -0.2) is 4.98 Å². The maximum atomic E-state index is 3.49. The van der Waals surface area contributed by atoms with Crippen LogP contribution in [0.25, 0.3) is 22.2 Å². The number of fused-ring (bicyclic) bond motifs is 1.